The fourth-order valence-corrected chi connectivity index (χ4v) is 5.03. The van der Waals surface area contributed by atoms with Gasteiger partial charge in [0.25, 0.3) is 5.91 Å². The van der Waals surface area contributed by atoms with E-state index in [9.17, 15) is 14.4 Å². The number of thiophene rings is 1. The second-order valence-corrected chi connectivity index (χ2v) is 8.62. The summed E-state index contributed by atoms with van der Waals surface area (Å²) in [6.07, 6.45) is 0. The predicted molar refractivity (Wildman–Crippen MR) is 115 cm³/mol. The maximum atomic E-state index is 13.2. The molecule has 2 aromatic carbocycles. The number of benzene rings is 2. The van der Waals surface area contributed by atoms with Crippen molar-refractivity contribution in [1.82, 2.24) is 10.2 Å². The van der Waals surface area contributed by atoms with Crippen molar-refractivity contribution in [2.75, 3.05) is 6.54 Å². The van der Waals surface area contributed by atoms with Crippen molar-refractivity contribution < 1.29 is 18.8 Å². The molecule has 0 radical (unpaired) electrons. The molecule has 1 atom stereocenters. The Hall–Kier alpha value is -3.45. The minimum atomic E-state index is -1.36. The minimum Gasteiger partial charge on any atom is -0.458 e. The Morgan fingerprint density at radius 1 is 1.13 bits per heavy atom. The largest absolute Gasteiger partial charge is 0.458 e. The number of hydrogen-bond acceptors (Lipinski definition) is 5. The van der Waals surface area contributed by atoms with Gasteiger partial charge in [0.05, 0.1) is 11.4 Å². The number of amides is 3. The Kier molecular flexibility index (Phi) is 4.04. The zero-order valence-electron chi connectivity index (χ0n) is 16.4. The zero-order chi connectivity index (χ0) is 21.0. The Bertz CT molecular complexity index is 1320. The summed E-state index contributed by atoms with van der Waals surface area (Å²) in [5.41, 5.74) is 0.143. The number of urea groups is 1. The highest BCUT2D eigenvalue weighted by Gasteiger charge is 2.51. The summed E-state index contributed by atoms with van der Waals surface area (Å²) in [7, 11) is 0. The van der Waals surface area contributed by atoms with Crippen LogP contribution in [0.25, 0.3) is 21.1 Å². The fraction of sp³-hybridized carbons (Fsp3) is 0.174. The molecule has 30 heavy (non-hydrogen) atoms. The molecule has 0 saturated carbocycles. The van der Waals surface area contributed by atoms with Gasteiger partial charge in [-0.1, -0.05) is 36.4 Å². The number of imide groups is 1. The molecule has 1 N–H and O–H groups in total. The summed E-state index contributed by atoms with van der Waals surface area (Å²) >= 11 is 1.38. The third kappa shape index (κ3) is 2.66. The average Bonchev–Trinajstić information content (AvgIpc) is 3.38. The molecule has 5 rings (SSSR count). The third-order valence-electron chi connectivity index (χ3n) is 5.59. The summed E-state index contributed by atoms with van der Waals surface area (Å²) < 4.78 is 6.83. The fourth-order valence-electron chi connectivity index (χ4n) is 3.89. The van der Waals surface area contributed by atoms with Crippen LogP contribution in [0.5, 0.6) is 0 Å². The number of furan rings is 1. The van der Waals surface area contributed by atoms with Gasteiger partial charge in [0.1, 0.15) is 11.3 Å². The van der Waals surface area contributed by atoms with Crippen LogP contribution in [0.4, 0.5) is 4.79 Å². The number of nitrogens with one attached hydrogen (secondary N) is 1. The van der Waals surface area contributed by atoms with E-state index in [0.717, 1.165) is 25.9 Å². The molecular weight excluding hydrogens is 400 g/mol. The second-order valence-electron chi connectivity index (χ2n) is 7.57. The van der Waals surface area contributed by atoms with Crippen molar-refractivity contribution in [3.8, 4) is 0 Å². The van der Waals surface area contributed by atoms with Crippen LogP contribution in [0.3, 0.4) is 0 Å². The molecule has 7 heteroatoms. The van der Waals surface area contributed by atoms with Crippen LogP contribution >= 0.6 is 11.3 Å². The van der Waals surface area contributed by atoms with Crippen LogP contribution in [-0.4, -0.2) is 29.2 Å². The predicted octanol–water partition coefficient (Wildman–Crippen LogP) is 4.61. The summed E-state index contributed by atoms with van der Waals surface area (Å²) in [5, 5.41) is 4.55. The molecule has 1 saturated heterocycles. The van der Waals surface area contributed by atoms with Crippen LogP contribution in [0.1, 0.15) is 27.9 Å². The Morgan fingerprint density at radius 3 is 2.63 bits per heavy atom. The molecule has 0 spiro atoms. The third-order valence-corrected chi connectivity index (χ3v) is 6.91. The molecule has 0 unspecified atom stereocenters. The molecule has 150 valence electrons. The second kappa shape index (κ2) is 6.53. The van der Waals surface area contributed by atoms with Crippen LogP contribution < -0.4 is 5.32 Å². The maximum absolute atomic E-state index is 13.2. The topological polar surface area (TPSA) is 79.6 Å². The molecule has 6 nitrogen and oxygen atoms in total. The van der Waals surface area contributed by atoms with Crippen molar-refractivity contribution in [2.45, 2.75) is 19.4 Å². The highest BCUT2D eigenvalue weighted by Crippen LogP contribution is 2.34. The quantitative estimate of drug-likeness (QED) is 0.388. The van der Waals surface area contributed by atoms with E-state index in [0.29, 0.717) is 16.2 Å². The SMILES string of the molecule is Cc1c(C(=O)CN2C(=O)N[C@](C)(c3cc4ccccc4o3)C2=O)sc2ccccc12. The number of carbonyl (C=O) groups is 3. The number of hydrogen-bond donors (Lipinski definition) is 1. The highest BCUT2D eigenvalue weighted by atomic mass is 32.1. The van der Waals surface area contributed by atoms with Gasteiger partial charge in [0.15, 0.2) is 11.3 Å². The number of ketones is 1. The monoisotopic (exact) mass is 418 g/mol. The Morgan fingerprint density at radius 2 is 1.87 bits per heavy atom. The molecular formula is C23H18N2O4S. The van der Waals surface area contributed by atoms with Crippen LogP contribution in [-0.2, 0) is 10.3 Å². The first-order valence-electron chi connectivity index (χ1n) is 9.53. The van der Waals surface area contributed by atoms with Crippen molar-refractivity contribution in [3.05, 3.63) is 70.8 Å². The van der Waals surface area contributed by atoms with Crippen molar-refractivity contribution in [1.29, 1.82) is 0 Å². The van der Waals surface area contributed by atoms with Crippen molar-refractivity contribution >= 4 is 50.1 Å². The normalized spacial score (nSPS) is 19.1. The number of Topliss-reactive ketones (excluding diaryl/α,β-unsaturated/α-hetero) is 1. The van der Waals surface area contributed by atoms with E-state index in [2.05, 4.69) is 5.32 Å². The first-order chi connectivity index (χ1) is 14.4. The van der Waals surface area contributed by atoms with Gasteiger partial charge >= 0.3 is 6.03 Å². The van der Waals surface area contributed by atoms with Gasteiger partial charge in [0, 0.05) is 10.1 Å². The summed E-state index contributed by atoms with van der Waals surface area (Å²) in [6.45, 7) is 3.17. The molecule has 0 bridgehead atoms. The van der Waals surface area contributed by atoms with E-state index < -0.39 is 17.5 Å². The van der Waals surface area contributed by atoms with E-state index in [4.69, 9.17) is 4.42 Å². The Labute approximate surface area is 176 Å². The van der Waals surface area contributed by atoms with E-state index >= 15 is 0 Å². The number of aryl methyl sites for hydroxylation is 1. The van der Waals surface area contributed by atoms with Crippen LogP contribution in [0.15, 0.2) is 59.0 Å². The van der Waals surface area contributed by atoms with Gasteiger partial charge in [-0.3, -0.25) is 14.5 Å². The van der Waals surface area contributed by atoms with Crippen LogP contribution in [0.2, 0.25) is 0 Å². The molecule has 1 fully saturated rings. The molecule has 3 amide bonds. The summed E-state index contributed by atoms with van der Waals surface area (Å²) in [6, 6.07) is 16.3. The molecule has 1 aliphatic heterocycles. The summed E-state index contributed by atoms with van der Waals surface area (Å²) in [4.78, 5) is 40.3. The maximum Gasteiger partial charge on any atom is 0.325 e. The number of para-hydroxylation sites is 1. The zero-order valence-corrected chi connectivity index (χ0v) is 17.2. The van der Waals surface area contributed by atoms with E-state index in [1.807, 2.05) is 49.4 Å². The molecule has 3 heterocycles. The average molecular weight is 418 g/mol. The van der Waals surface area contributed by atoms with E-state index in [-0.39, 0.29) is 12.3 Å². The van der Waals surface area contributed by atoms with Gasteiger partial charge < -0.3 is 9.73 Å². The number of rotatable bonds is 4. The van der Waals surface area contributed by atoms with Gasteiger partial charge in [-0.25, -0.2) is 4.79 Å². The van der Waals surface area contributed by atoms with Gasteiger partial charge in [-0.05, 0) is 43.0 Å². The number of carbonyl (C=O) groups excluding carboxylic acids is 3. The van der Waals surface area contributed by atoms with E-state index in [1.165, 1.54) is 11.3 Å². The lowest BCUT2D eigenvalue weighted by Crippen LogP contribution is -2.41. The van der Waals surface area contributed by atoms with Gasteiger partial charge in [0.2, 0.25) is 0 Å². The Balaban J connectivity index is 1.45. The lowest BCUT2D eigenvalue weighted by molar-refractivity contribution is -0.131. The lowest BCUT2D eigenvalue weighted by Gasteiger charge is -2.18. The smallest absolute Gasteiger partial charge is 0.325 e. The molecule has 0 aliphatic carbocycles. The first-order valence-corrected chi connectivity index (χ1v) is 10.3. The molecule has 2 aromatic heterocycles. The van der Waals surface area contributed by atoms with Crippen molar-refractivity contribution in [3.63, 3.8) is 0 Å². The summed E-state index contributed by atoms with van der Waals surface area (Å²) in [5.74, 6) is -0.417. The minimum absolute atomic E-state index is 0.258. The molecule has 4 aromatic rings. The standard InChI is InChI=1S/C23H18N2O4S/c1-13-15-8-4-6-10-18(15)30-20(13)16(26)12-25-21(27)23(2,24-22(25)28)19-11-14-7-3-5-9-17(14)29-19/h3-11H,12H2,1-2H3,(H,24,28)/t23-/m1/s1. The first kappa shape index (κ1) is 18.6. The van der Waals surface area contributed by atoms with Gasteiger partial charge in [-0.15, -0.1) is 11.3 Å². The number of fused-ring (bicyclic) bond motifs is 2. The van der Waals surface area contributed by atoms with Crippen molar-refractivity contribution in [2.24, 2.45) is 0 Å². The number of nitrogens with zero attached hydrogens (tertiary/aromatic N) is 1. The molecule has 1 aliphatic rings. The van der Waals surface area contributed by atoms with Crippen LogP contribution in [0, 0.1) is 6.92 Å². The lowest BCUT2D eigenvalue weighted by atomic mass is 9.98. The van der Waals surface area contributed by atoms with E-state index in [1.54, 1.807) is 19.1 Å². The highest BCUT2D eigenvalue weighted by molar-refractivity contribution is 7.21. The van der Waals surface area contributed by atoms with Gasteiger partial charge in [-0.2, -0.15) is 0 Å².